The highest BCUT2D eigenvalue weighted by atomic mass is 79.9. The number of halogens is 2. The van der Waals surface area contributed by atoms with E-state index in [1.807, 2.05) is 18.2 Å². The highest BCUT2D eigenvalue weighted by Gasteiger charge is 2.39. The second kappa shape index (κ2) is 6.12. The number of aryl methyl sites for hydroxylation is 1. The lowest BCUT2D eigenvalue weighted by Gasteiger charge is -2.39. The Labute approximate surface area is 156 Å². The molecule has 2 aliphatic rings. The van der Waals surface area contributed by atoms with E-state index in [4.69, 9.17) is 16.3 Å². The molecule has 0 amide bonds. The maximum atomic E-state index is 6.32. The van der Waals surface area contributed by atoms with Crippen LogP contribution in [0.5, 0.6) is 5.75 Å². The molecule has 2 aromatic rings. The van der Waals surface area contributed by atoms with E-state index in [-0.39, 0.29) is 6.04 Å². The summed E-state index contributed by atoms with van der Waals surface area (Å²) in [5.74, 6) is 1.79. The molecule has 0 spiro atoms. The Bertz CT molecular complexity index is 833. The first kappa shape index (κ1) is 16.0. The fourth-order valence-electron chi connectivity index (χ4n) is 4.10. The SMILES string of the molecule is COc1ccc(Br)cc1[C@@H]1Nc2c(C)cc(Cl)cc2[C@@H]2C=CC[C@H]21. The van der Waals surface area contributed by atoms with Crippen molar-refractivity contribution >= 4 is 33.2 Å². The number of methoxy groups -OCH3 is 1. The van der Waals surface area contributed by atoms with Gasteiger partial charge in [0, 0.05) is 26.7 Å². The van der Waals surface area contributed by atoms with E-state index >= 15 is 0 Å². The van der Waals surface area contributed by atoms with E-state index in [1.54, 1.807) is 7.11 Å². The summed E-state index contributed by atoms with van der Waals surface area (Å²) < 4.78 is 6.71. The van der Waals surface area contributed by atoms with Gasteiger partial charge in [-0.3, -0.25) is 0 Å². The Morgan fingerprint density at radius 3 is 2.83 bits per heavy atom. The standard InChI is InChI=1S/C20H19BrClNO/c1-11-8-13(22)10-16-14-4-3-5-15(14)20(23-19(11)16)17-9-12(21)6-7-18(17)24-2/h3-4,6-10,14-15,20,23H,5H2,1-2H3/t14-,15-,20-/m1/s1. The van der Waals surface area contributed by atoms with Gasteiger partial charge in [-0.15, -0.1) is 0 Å². The Hall–Kier alpha value is -1.45. The lowest BCUT2D eigenvalue weighted by Crippen LogP contribution is -2.30. The van der Waals surface area contributed by atoms with Crippen molar-refractivity contribution in [2.75, 3.05) is 12.4 Å². The average molecular weight is 405 g/mol. The Kier molecular flexibility index (Phi) is 4.09. The fourth-order valence-corrected chi connectivity index (χ4v) is 4.76. The van der Waals surface area contributed by atoms with Crippen LogP contribution in [-0.4, -0.2) is 7.11 Å². The summed E-state index contributed by atoms with van der Waals surface area (Å²) in [6, 6.07) is 10.6. The van der Waals surface area contributed by atoms with Crippen LogP contribution < -0.4 is 10.1 Å². The van der Waals surface area contributed by atoms with E-state index in [0.717, 1.165) is 21.7 Å². The van der Waals surface area contributed by atoms with Crippen molar-refractivity contribution < 1.29 is 4.74 Å². The summed E-state index contributed by atoms with van der Waals surface area (Å²) in [7, 11) is 1.74. The van der Waals surface area contributed by atoms with Crippen LogP contribution in [0.15, 0.2) is 47.0 Å². The van der Waals surface area contributed by atoms with Gasteiger partial charge in [-0.25, -0.2) is 0 Å². The van der Waals surface area contributed by atoms with Crippen molar-refractivity contribution in [1.29, 1.82) is 0 Å². The third-order valence-electron chi connectivity index (χ3n) is 5.16. The summed E-state index contributed by atoms with van der Waals surface area (Å²) in [5.41, 5.74) is 4.91. The van der Waals surface area contributed by atoms with Crippen LogP contribution in [0.4, 0.5) is 5.69 Å². The normalized spacial score (nSPS) is 24.2. The number of benzene rings is 2. The lowest BCUT2D eigenvalue weighted by molar-refractivity contribution is 0.381. The molecular formula is C20H19BrClNO. The van der Waals surface area contributed by atoms with Crippen LogP contribution in [0.25, 0.3) is 0 Å². The van der Waals surface area contributed by atoms with Crippen LogP contribution in [-0.2, 0) is 0 Å². The minimum Gasteiger partial charge on any atom is -0.496 e. The predicted octanol–water partition coefficient (Wildman–Crippen LogP) is 6.25. The van der Waals surface area contributed by atoms with Gasteiger partial charge in [-0.05, 0) is 60.7 Å². The summed E-state index contributed by atoms with van der Waals surface area (Å²) in [6.45, 7) is 2.12. The topological polar surface area (TPSA) is 21.3 Å². The minimum atomic E-state index is 0.213. The number of rotatable bonds is 2. The van der Waals surface area contributed by atoms with Crippen LogP contribution in [0.3, 0.4) is 0 Å². The molecule has 2 nitrogen and oxygen atoms in total. The van der Waals surface area contributed by atoms with Gasteiger partial charge in [0.25, 0.3) is 0 Å². The van der Waals surface area contributed by atoms with E-state index in [0.29, 0.717) is 11.8 Å². The zero-order valence-electron chi connectivity index (χ0n) is 13.6. The maximum Gasteiger partial charge on any atom is 0.124 e. The van der Waals surface area contributed by atoms with Gasteiger partial charge in [0.15, 0.2) is 0 Å². The summed E-state index contributed by atoms with van der Waals surface area (Å²) >= 11 is 9.92. The zero-order chi connectivity index (χ0) is 16.8. The summed E-state index contributed by atoms with van der Waals surface area (Å²) in [6.07, 6.45) is 5.68. The molecule has 24 heavy (non-hydrogen) atoms. The van der Waals surface area contributed by atoms with Gasteiger partial charge < -0.3 is 10.1 Å². The van der Waals surface area contributed by atoms with Gasteiger partial charge in [0.2, 0.25) is 0 Å². The Morgan fingerprint density at radius 1 is 1.21 bits per heavy atom. The molecule has 4 heteroatoms. The molecule has 0 bridgehead atoms. The first-order chi connectivity index (χ1) is 11.6. The van der Waals surface area contributed by atoms with Gasteiger partial charge in [0.05, 0.1) is 13.2 Å². The maximum absolute atomic E-state index is 6.32. The second-order valence-corrected chi connectivity index (χ2v) is 7.90. The van der Waals surface area contributed by atoms with Crippen LogP contribution in [0, 0.1) is 12.8 Å². The highest BCUT2D eigenvalue weighted by molar-refractivity contribution is 9.10. The van der Waals surface area contributed by atoms with Gasteiger partial charge >= 0.3 is 0 Å². The van der Waals surface area contributed by atoms with Crippen molar-refractivity contribution in [2.24, 2.45) is 5.92 Å². The quantitative estimate of drug-likeness (QED) is 0.598. The van der Waals surface area contributed by atoms with Crippen LogP contribution in [0.2, 0.25) is 5.02 Å². The van der Waals surface area contributed by atoms with Gasteiger partial charge in [-0.1, -0.05) is 39.7 Å². The molecule has 0 saturated carbocycles. The van der Waals surface area contributed by atoms with Crippen LogP contribution in [0.1, 0.15) is 35.1 Å². The van der Waals surface area contributed by atoms with E-state index in [1.165, 1.54) is 22.4 Å². The smallest absolute Gasteiger partial charge is 0.124 e. The molecule has 0 radical (unpaired) electrons. The number of fused-ring (bicyclic) bond motifs is 3. The summed E-state index contributed by atoms with van der Waals surface area (Å²) in [4.78, 5) is 0. The lowest BCUT2D eigenvalue weighted by atomic mass is 9.76. The Morgan fingerprint density at radius 2 is 2.04 bits per heavy atom. The van der Waals surface area contributed by atoms with Gasteiger partial charge in [0.1, 0.15) is 5.75 Å². The third-order valence-corrected chi connectivity index (χ3v) is 5.87. The molecule has 0 saturated heterocycles. The van der Waals surface area contributed by atoms with Gasteiger partial charge in [-0.2, -0.15) is 0 Å². The Balaban J connectivity index is 1.86. The molecule has 1 aliphatic heterocycles. The second-order valence-electron chi connectivity index (χ2n) is 6.55. The number of ether oxygens (including phenoxy) is 1. The molecule has 1 N–H and O–H groups in total. The van der Waals surface area contributed by atoms with E-state index in [9.17, 15) is 0 Å². The van der Waals surface area contributed by atoms with Crippen LogP contribution >= 0.6 is 27.5 Å². The first-order valence-electron chi connectivity index (χ1n) is 8.15. The summed E-state index contributed by atoms with van der Waals surface area (Å²) in [5, 5.41) is 4.59. The highest BCUT2D eigenvalue weighted by Crippen LogP contribution is 2.52. The third kappa shape index (κ3) is 2.55. The number of hydrogen-bond acceptors (Lipinski definition) is 2. The fraction of sp³-hybridized carbons (Fsp3) is 0.300. The average Bonchev–Trinajstić information content (AvgIpc) is 3.04. The van der Waals surface area contributed by atoms with Crippen molar-refractivity contribution in [3.8, 4) is 5.75 Å². The molecule has 4 rings (SSSR count). The zero-order valence-corrected chi connectivity index (χ0v) is 16.0. The monoisotopic (exact) mass is 403 g/mol. The van der Waals surface area contributed by atoms with E-state index < -0.39 is 0 Å². The molecule has 0 unspecified atom stereocenters. The van der Waals surface area contributed by atoms with Crippen molar-refractivity contribution in [3.63, 3.8) is 0 Å². The number of anilines is 1. The molecule has 0 aromatic heterocycles. The van der Waals surface area contributed by atoms with Crippen molar-refractivity contribution in [3.05, 3.63) is 68.7 Å². The molecule has 1 heterocycles. The molecule has 2 aromatic carbocycles. The number of nitrogens with one attached hydrogen (secondary N) is 1. The molecule has 1 aliphatic carbocycles. The van der Waals surface area contributed by atoms with Crippen molar-refractivity contribution in [2.45, 2.75) is 25.3 Å². The molecular weight excluding hydrogens is 386 g/mol. The molecule has 124 valence electrons. The van der Waals surface area contributed by atoms with E-state index in [2.05, 4.69) is 52.5 Å². The number of hydrogen-bond donors (Lipinski definition) is 1. The largest absolute Gasteiger partial charge is 0.496 e. The minimum absolute atomic E-state index is 0.213. The van der Waals surface area contributed by atoms with Crippen molar-refractivity contribution in [1.82, 2.24) is 0 Å². The molecule has 3 atom stereocenters. The first-order valence-corrected chi connectivity index (χ1v) is 9.32. The predicted molar refractivity (Wildman–Crippen MR) is 103 cm³/mol. The molecule has 0 fully saturated rings. The number of allylic oxidation sites excluding steroid dienone is 2.